The Kier molecular flexibility index (Phi) is 4.02. The Morgan fingerprint density at radius 2 is 1.48 bits per heavy atom. The first kappa shape index (κ1) is 15.1. The van der Waals surface area contributed by atoms with E-state index in [9.17, 15) is 13.6 Å². The van der Waals surface area contributed by atoms with Crippen LogP contribution in [0.1, 0.15) is 15.9 Å². The first-order valence-electron chi connectivity index (χ1n) is 7.22. The molecule has 3 aromatic rings. The van der Waals surface area contributed by atoms with Gasteiger partial charge in [-0.3, -0.25) is 4.79 Å². The van der Waals surface area contributed by atoms with Crippen molar-refractivity contribution in [2.75, 3.05) is 0 Å². The van der Waals surface area contributed by atoms with Crippen molar-refractivity contribution in [3.8, 4) is 0 Å². The number of fused-ring (bicyclic) bond motifs is 1. The molecule has 0 fully saturated rings. The number of halogens is 2. The van der Waals surface area contributed by atoms with Crippen LogP contribution in [0.5, 0.6) is 0 Å². The van der Waals surface area contributed by atoms with Crippen molar-refractivity contribution in [2.24, 2.45) is 0 Å². The molecule has 114 valence electrons. The molecular formula is C20H14F2O. The van der Waals surface area contributed by atoms with Crippen LogP contribution in [-0.4, -0.2) is 11.7 Å². The predicted octanol–water partition coefficient (Wildman–Crippen LogP) is 5.37. The van der Waals surface area contributed by atoms with Gasteiger partial charge < -0.3 is 0 Å². The maximum Gasteiger partial charge on any atom is 0.328 e. The maximum atomic E-state index is 14.1. The minimum Gasteiger partial charge on any atom is -0.287 e. The molecule has 0 bridgehead atoms. The van der Waals surface area contributed by atoms with E-state index in [1.165, 1.54) is 18.2 Å². The van der Waals surface area contributed by atoms with E-state index in [1.54, 1.807) is 24.3 Å². The molecule has 0 unspecified atom stereocenters. The van der Waals surface area contributed by atoms with E-state index in [2.05, 4.69) is 0 Å². The molecule has 0 heterocycles. The molecule has 0 aliphatic rings. The maximum absolute atomic E-state index is 14.1. The molecule has 0 spiro atoms. The Labute approximate surface area is 132 Å². The summed E-state index contributed by atoms with van der Waals surface area (Å²) in [4.78, 5) is 11.9. The van der Waals surface area contributed by atoms with Crippen LogP contribution < -0.4 is 0 Å². The summed E-state index contributed by atoms with van der Waals surface area (Å²) in [6.45, 7) is 0. The molecule has 3 aromatic carbocycles. The zero-order chi connectivity index (χ0) is 16.3. The number of Topliss-reactive ketones (excluding diaryl/α,β-unsaturated/α-hetero) is 1. The monoisotopic (exact) mass is 308 g/mol. The van der Waals surface area contributed by atoms with Gasteiger partial charge >= 0.3 is 5.92 Å². The third kappa shape index (κ3) is 3.34. The highest BCUT2D eigenvalue weighted by atomic mass is 19.3. The van der Waals surface area contributed by atoms with Crippen molar-refractivity contribution in [1.29, 1.82) is 0 Å². The van der Waals surface area contributed by atoms with Crippen molar-refractivity contribution in [3.05, 3.63) is 90.0 Å². The van der Waals surface area contributed by atoms with Gasteiger partial charge in [-0.1, -0.05) is 72.8 Å². The number of hydrogen-bond acceptors (Lipinski definition) is 1. The van der Waals surface area contributed by atoms with Gasteiger partial charge in [0, 0.05) is 5.56 Å². The van der Waals surface area contributed by atoms with Crippen LogP contribution in [0.15, 0.2) is 78.9 Å². The second kappa shape index (κ2) is 6.13. The highest BCUT2D eigenvalue weighted by molar-refractivity contribution is 6.03. The molecule has 0 saturated heterocycles. The summed E-state index contributed by atoms with van der Waals surface area (Å²) in [7, 11) is 0. The lowest BCUT2D eigenvalue weighted by molar-refractivity contribution is 0.0385. The van der Waals surface area contributed by atoms with Gasteiger partial charge in [-0.15, -0.1) is 0 Å². The van der Waals surface area contributed by atoms with E-state index in [0.29, 0.717) is 11.6 Å². The quantitative estimate of drug-likeness (QED) is 0.592. The Morgan fingerprint density at radius 3 is 2.22 bits per heavy atom. The van der Waals surface area contributed by atoms with Gasteiger partial charge in [-0.25, -0.2) is 0 Å². The van der Waals surface area contributed by atoms with Crippen LogP contribution in [0.25, 0.3) is 16.8 Å². The van der Waals surface area contributed by atoms with Gasteiger partial charge in [0.25, 0.3) is 0 Å². The van der Waals surface area contributed by atoms with E-state index in [1.807, 2.05) is 36.4 Å². The van der Waals surface area contributed by atoms with Gasteiger partial charge in [-0.2, -0.15) is 8.78 Å². The molecule has 0 aliphatic heterocycles. The van der Waals surface area contributed by atoms with Crippen molar-refractivity contribution >= 4 is 22.6 Å². The molecule has 0 aromatic heterocycles. The fourth-order valence-corrected chi connectivity index (χ4v) is 2.37. The Morgan fingerprint density at radius 1 is 0.826 bits per heavy atom. The fraction of sp³-hybridized carbons (Fsp3) is 0.0500. The van der Waals surface area contributed by atoms with Crippen LogP contribution in [0.3, 0.4) is 0 Å². The van der Waals surface area contributed by atoms with E-state index in [-0.39, 0.29) is 5.56 Å². The van der Waals surface area contributed by atoms with Crippen molar-refractivity contribution in [2.45, 2.75) is 5.92 Å². The first-order valence-corrected chi connectivity index (χ1v) is 7.22. The lowest BCUT2D eigenvalue weighted by Gasteiger charge is -2.10. The number of carbonyl (C=O) groups excluding carboxylic acids is 1. The zero-order valence-corrected chi connectivity index (χ0v) is 12.2. The van der Waals surface area contributed by atoms with Gasteiger partial charge in [-0.05, 0) is 28.5 Å². The highest BCUT2D eigenvalue weighted by Gasteiger charge is 2.36. The summed E-state index contributed by atoms with van der Waals surface area (Å²) in [5.41, 5.74) is 0.630. The number of alkyl halides is 2. The van der Waals surface area contributed by atoms with Crippen molar-refractivity contribution in [1.82, 2.24) is 0 Å². The summed E-state index contributed by atoms with van der Waals surface area (Å²) < 4.78 is 28.1. The molecule has 0 radical (unpaired) electrons. The topological polar surface area (TPSA) is 17.1 Å². The Bertz CT molecular complexity index is 867. The van der Waals surface area contributed by atoms with E-state index < -0.39 is 11.7 Å². The Balaban J connectivity index is 1.86. The largest absolute Gasteiger partial charge is 0.328 e. The second-order valence-corrected chi connectivity index (χ2v) is 5.26. The first-order chi connectivity index (χ1) is 11.1. The molecule has 23 heavy (non-hydrogen) atoms. The van der Waals surface area contributed by atoms with Crippen molar-refractivity contribution in [3.63, 3.8) is 0 Å². The van der Waals surface area contributed by atoms with Crippen LogP contribution in [0.2, 0.25) is 0 Å². The molecule has 0 atom stereocenters. The standard InChI is InChI=1S/C20H14F2O/c21-20(22,19(23)17-7-2-1-3-8-17)13-12-15-10-11-16-6-4-5-9-18(16)14-15/h1-14H/b13-12+. The summed E-state index contributed by atoms with van der Waals surface area (Å²) in [6.07, 6.45) is 1.94. The lowest BCUT2D eigenvalue weighted by Crippen LogP contribution is -2.25. The van der Waals surface area contributed by atoms with Gasteiger partial charge in [0.1, 0.15) is 0 Å². The number of carbonyl (C=O) groups is 1. The normalized spacial score (nSPS) is 11.9. The molecular weight excluding hydrogens is 294 g/mol. The smallest absolute Gasteiger partial charge is 0.287 e. The Hall–Kier alpha value is -2.81. The van der Waals surface area contributed by atoms with E-state index in [4.69, 9.17) is 0 Å². The predicted molar refractivity (Wildman–Crippen MR) is 88.7 cm³/mol. The van der Waals surface area contributed by atoms with Crippen molar-refractivity contribution < 1.29 is 13.6 Å². The number of hydrogen-bond donors (Lipinski definition) is 0. The minimum atomic E-state index is -3.53. The van der Waals surface area contributed by atoms with Gasteiger partial charge in [0.15, 0.2) is 0 Å². The van der Waals surface area contributed by atoms with Crippen LogP contribution >= 0.6 is 0 Å². The lowest BCUT2D eigenvalue weighted by atomic mass is 10.0. The molecule has 0 saturated carbocycles. The van der Waals surface area contributed by atoms with E-state index >= 15 is 0 Å². The molecule has 0 amide bonds. The summed E-state index contributed by atoms with van der Waals surface area (Å²) in [5, 5.41) is 2.00. The average Bonchev–Trinajstić information content (AvgIpc) is 2.60. The third-order valence-electron chi connectivity index (χ3n) is 3.60. The third-order valence-corrected chi connectivity index (χ3v) is 3.60. The number of allylic oxidation sites excluding steroid dienone is 1. The highest BCUT2D eigenvalue weighted by Crippen LogP contribution is 2.24. The van der Waals surface area contributed by atoms with Gasteiger partial charge in [0.2, 0.25) is 5.78 Å². The number of rotatable bonds is 4. The summed E-state index contributed by atoms with van der Waals surface area (Å²) in [6, 6.07) is 20.7. The van der Waals surface area contributed by atoms with E-state index in [0.717, 1.165) is 10.8 Å². The molecule has 0 aliphatic carbocycles. The molecule has 0 N–H and O–H groups in total. The number of ketones is 1. The van der Waals surface area contributed by atoms with Gasteiger partial charge in [0.05, 0.1) is 0 Å². The minimum absolute atomic E-state index is 0.000612. The fourth-order valence-electron chi connectivity index (χ4n) is 2.37. The molecule has 1 nitrogen and oxygen atoms in total. The molecule has 3 rings (SSSR count). The summed E-state index contributed by atoms with van der Waals surface area (Å²) >= 11 is 0. The van der Waals surface area contributed by atoms with Crippen LogP contribution in [-0.2, 0) is 0 Å². The average molecular weight is 308 g/mol. The zero-order valence-electron chi connectivity index (χ0n) is 12.2. The van der Waals surface area contributed by atoms with Crippen LogP contribution in [0, 0.1) is 0 Å². The summed E-state index contributed by atoms with van der Waals surface area (Å²) in [5.74, 6) is -4.73. The second-order valence-electron chi connectivity index (χ2n) is 5.26. The van der Waals surface area contributed by atoms with Crippen LogP contribution in [0.4, 0.5) is 8.78 Å². The number of benzene rings is 3. The SMILES string of the molecule is O=C(c1ccccc1)C(F)(F)/C=C/c1ccc2ccccc2c1. The molecule has 3 heteroatoms.